The van der Waals surface area contributed by atoms with Crippen LogP contribution in [0.25, 0.3) is 0 Å². The van der Waals surface area contributed by atoms with Crippen molar-refractivity contribution in [2.75, 3.05) is 67.0 Å². The van der Waals surface area contributed by atoms with Crippen LogP contribution in [0.1, 0.15) is 19.8 Å². The molecule has 0 spiro atoms. The first-order chi connectivity index (χ1) is 12.2. The predicted octanol–water partition coefficient (Wildman–Crippen LogP) is 1.03. The first kappa shape index (κ1) is 21.7. The van der Waals surface area contributed by atoms with Gasteiger partial charge in [-0.1, -0.05) is 6.92 Å². The molecule has 0 aliphatic carbocycles. The number of carbonyl (C=O) groups excluding carboxylic acids is 1. The van der Waals surface area contributed by atoms with Crippen molar-refractivity contribution in [3.8, 4) is 0 Å². The van der Waals surface area contributed by atoms with Gasteiger partial charge in [0.1, 0.15) is 0 Å². The summed E-state index contributed by atoms with van der Waals surface area (Å²) in [6.45, 7) is 6.39. The van der Waals surface area contributed by atoms with E-state index in [2.05, 4.69) is 6.92 Å². The molecule has 0 N–H and O–H groups in total. The summed E-state index contributed by atoms with van der Waals surface area (Å²) in [4.78, 5) is 15.8. The molecule has 25 heavy (non-hydrogen) atoms. The minimum absolute atomic E-state index is 0.227. The van der Waals surface area contributed by atoms with E-state index in [0.29, 0.717) is 46.2 Å². The van der Waals surface area contributed by atoms with Crippen LogP contribution in [0.4, 0.5) is 0 Å². The quantitative estimate of drug-likeness (QED) is 0.317. The Hall–Kier alpha value is -1.35. The molecule has 0 amide bonds. The number of hydrogen-bond donors (Lipinski definition) is 0. The number of methoxy groups -OCH3 is 1. The molecule has 0 bridgehead atoms. The van der Waals surface area contributed by atoms with Crippen molar-refractivity contribution < 1.29 is 28.5 Å². The van der Waals surface area contributed by atoms with E-state index < -0.39 is 0 Å². The number of carbonyl (C=O) groups is 1. The normalized spacial score (nSPS) is 16.7. The van der Waals surface area contributed by atoms with Crippen molar-refractivity contribution >= 4 is 5.97 Å². The Kier molecular flexibility index (Phi) is 12.0. The molecular weight excluding hydrogens is 328 g/mol. The lowest BCUT2D eigenvalue weighted by atomic mass is 10.4. The molecule has 1 unspecified atom stereocenters. The summed E-state index contributed by atoms with van der Waals surface area (Å²) in [6.07, 6.45) is 4.71. The van der Waals surface area contributed by atoms with E-state index in [9.17, 15) is 4.79 Å². The Labute approximate surface area is 150 Å². The van der Waals surface area contributed by atoms with Gasteiger partial charge in [0, 0.05) is 33.1 Å². The van der Waals surface area contributed by atoms with Gasteiger partial charge in [-0.15, -0.1) is 0 Å². The van der Waals surface area contributed by atoms with Gasteiger partial charge in [0.25, 0.3) is 6.35 Å². The molecule has 1 rings (SSSR count). The molecule has 8 heteroatoms. The number of ether oxygens (including phenoxy) is 5. The molecule has 146 valence electrons. The summed E-state index contributed by atoms with van der Waals surface area (Å²) in [5, 5.41) is 0. The Morgan fingerprint density at radius 2 is 1.56 bits per heavy atom. The SMILES string of the molecule is CCCN1C=CN(C)C1OC(=O)CCOCCOCCOCCOC. The summed E-state index contributed by atoms with van der Waals surface area (Å²) in [7, 11) is 3.52. The fourth-order valence-corrected chi connectivity index (χ4v) is 2.18. The van der Waals surface area contributed by atoms with Gasteiger partial charge in [-0.25, -0.2) is 0 Å². The van der Waals surface area contributed by atoms with Gasteiger partial charge in [-0.05, 0) is 6.42 Å². The fraction of sp³-hybridized carbons (Fsp3) is 0.824. The highest BCUT2D eigenvalue weighted by Gasteiger charge is 2.26. The minimum Gasteiger partial charge on any atom is -0.422 e. The van der Waals surface area contributed by atoms with Crippen LogP contribution >= 0.6 is 0 Å². The molecule has 0 saturated carbocycles. The molecule has 1 atom stereocenters. The van der Waals surface area contributed by atoms with E-state index in [1.54, 1.807) is 7.11 Å². The standard InChI is InChI=1S/C17H32N2O6/c1-4-6-19-8-7-18(2)17(19)25-16(20)5-9-22-12-13-24-15-14-23-11-10-21-3/h7-8,17H,4-6,9-15H2,1-3H3. The van der Waals surface area contributed by atoms with Crippen molar-refractivity contribution in [2.24, 2.45) is 0 Å². The summed E-state index contributed by atoms with van der Waals surface area (Å²) in [6, 6.07) is 0. The second kappa shape index (κ2) is 13.9. The smallest absolute Gasteiger partial charge is 0.311 e. The van der Waals surface area contributed by atoms with E-state index in [0.717, 1.165) is 13.0 Å². The minimum atomic E-state index is -0.353. The van der Waals surface area contributed by atoms with Crippen LogP contribution in [-0.4, -0.2) is 89.1 Å². The average Bonchev–Trinajstić information content (AvgIpc) is 2.93. The Morgan fingerprint density at radius 3 is 2.16 bits per heavy atom. The second-order valence-corrected chi connectivity index (χ2v) is 5.60. The van der Waals surface area contributed by atoms with Gasteiger partial charge in [0.2, 0.25) is 0 Å². The van der Waals surface area contributed by atoms with Gasteiger partial charge in [0.05, 0.1) is 52.7 Å². The van der Waals surface area contributed by atoms with E-state index in [4.69, 9.17) is 23.7 Å². The van der Waals surface area contributed by atoms with Crippen molar-refractivity contribution in [1.82, 2.24) is 9.80 Å². The second-order valence-electron chi connectivity index (χ2n) is 5.60. The Morgan fingerprint density at radius 1 is 0.960 bits per heavy atom. The van der Waals surface area contributed by atoms with Gasteiger partial charge in [-0.2, -0.15) is 0 Å². The number of hydrogen-bond acceptors (Lipinski definition) is 8. The molecule has 1 heterocycles. The van der Waals surface area contributed by atoms with Crippen LogP contribution in [0, 0.1) is 0 Å². The van der Waals surface area contributed by atoms with Crippen molar-refractivity contribution in [2.45, 2.75) is 26.1 Å². The average molecular weight is 360 g/mol. The Bertz CT molecular complexity index is 380. The first-order valence-corrected chi connectivity index (χ1v) is 8.76. The summed E-state index contributed by atoms with van der Waals surface area (Å²) >= 11 is 0. The maximum absolute atomic E-state index is 11.9. The molecule has 0 aromatic carbocycles. The topological polar surface area (TPSA) is 69.7 Å². The number of esters is 1. The Balaban J connectivity index is 1.97. The van der Waals surface area contributed by atoms with E-state index >= 15 is 0 Å². The number of nitrogens with zero attached hydrogens (tertiary/aromatic N) is 2. The third-order valence-corrected chi connectivity index (χ3v) is 3.47. The molecule has 0 aromatic rings. The zero-order chi connectivity index (χ0) is 18.3. The fourth-order valence-electron chi connectivity index (χ4n) is 2.18. The largest absolute Gasteiger partial charge is 0.422 e. The third kappa shape index (κ3) is 9.64. The molecule has 0 radical (unpaired) electrons. The summed E-state index contributed by atoms with van der Waals surface area (Å²) in [5.74, 6) is -0.269. The molecule has 0 saturated heterocycles. The van der Waals surface area contributed by atoms with E-state index in [-0.39, 0.29) is 18.7 Å². The molecule has 8 nitrogen and oxygen atoms in total. The van der Waals surface area contributed by atoms with Gasteiger partial charge >= 0.3 is 5.97 Å². The lowest BCUT2D eigenvalue weighted by Crippen LogP contribution is -2.40. The molecular formula is C17H32N2O6. The predicted molar refractivity (Wildman–Crippen MR) is 92.7 cm³/mol. The first-order valence-electron chi connectivity index (χ1n) is 8.76. The molecule has 1 aliphatic heterocycles. The monoisotopic (exact) mass is 360 g/mol. The van der Waals surface area contributed by atoms with Crippen LogP contribution in [0.3, 0.4) is 0 Å². The lowest BCUT2D eigenvalue weighted by molar-refractivity contribution is -0.168. The molecule has 0 aromatic heterocycles. The molecule has 0 fully saturated rings. The zero-order valence-corrected chi connectivity index (χ0v) is 15.6. The van der Waals surface area contributed by atoms with Crippen LogP contribution in [0.15, 0.2) is 12.4 Å². The lowest BCUT2D eigenvalue weighted by Gasteiger charge is -2.29. The zero-order valence-electron chi connectivity index (χ0n) is 15.6. The highest BCUT2D eigenvalue weighted by Crippen LogP contribution is 2.15. The summed E-state index contributed by atoms with van der Waals surface area (Å²) in [5.41, 5.74) is 0. The highest BCUT2D eigenvalue weighted by molar-refractivity contribution is 5.69. The maximum atomic E-state index is 11.9. The van der Waals surface area contributed by atoms with Crippen molar-refractivity contribution in [3.05, 3.63) is 12.4 Å². The highest BCUT2D eigenvalue weighted by atomic mass is 16.6. The number of rotatable bonds is 15. The molecule has 1 aliphatic rings. The van der Waals surface area contributed by atoms with Crippen LogP contribution < -0.4 is 0 Å². The van der Waals surface area contributed by atoms with Crippen LogP contribution in [-0.2, 0) is 28.5 Å². The van der Waals surface area contributed by atoms with E-state index in [1.807, 2.05) is 29.2 Å². The van der Waals surface area contributed by atoms with E-state index in [1.165, 1.54) is 0 Å². The van der Waals surface area contributed by atoms with Crippen molar-refractivity contribution in [1.29, 1.82) is 0 Å². The van der Waals surface area contributed by atoms with Crippen LogP contribution in [0.2, 0.25) is 0 Å². The summed E-state index contributed by atoms with van der Waals surface area (Å²) < 4.78 is 26.4. The van der Waals surface area contributed by atoms with Crippen LogP contribution in [0.5, 0.6) is 0 Å². The maximum Gasteiger partial charge on any atom is 0.311 e. The third-order valence-electron chi connectivity index (χ3n) is 3.47. The van der Waals surface area contributed by atoms with Gasteiger partial charge < -0.3 is 33.5 Å². The van der Waals surface area contributed by atoms with Gasteiger partial charge in [0.15, 0.2) is 0 Å². The van der Waals surface area contributed by atoms with Gasteiger partial charge in [-0.3, -0.25) is 4.79 Å². The van der Waals surface area contributed by atoms with Crippen molar-refractivity contribution in [3.63, 3.8) is 0 Å².